The summed E-state index contributed by atoms with van der Waals surface area (Å²) in [6.45, 7) is 6.38. The van der Waals surface area contributed by atoms with Gasteiger partial charge < -0.3 is 5.32 Å². The molecule has 0 radical (unpaired) electrons. The van der Waals surface area contributed by atoms with Gasteiger partial charge in [0.15, 0.2) is 0 Å². The summed E-state index contributed by atoms with van der Waals surface area (Å²) in [5.74, 6) is -3.96. The third-order valence-corrected chi connectivity index (χ3v) is 5.57. The molecule has 152 valence electrons. The van der Waals surface area contributed by atoms with Gasteiger partial charge in [-0.2, -0.15) is 13.9 Å². The van der Waals surface area contributed by atoms with Gasteiger partial charge in [0.2, 0.25) is 15.7 Å². The Morgan fingerprint density at radius 3 is 2.57 bits per heavy atom. The summed E-state index contributed by atoms with van der Waals surface area (Å²) >= 11 is 6.29. The van der Waals surface area contributed by atoms with E-state index in [0.29, 0.717) is 28.9 Å². The lowest BCUT2D eigenvalue weighted by Crippen LogP contribution is -2.16. The molecule has 0 aliphatic rings. The summed E-state index contributed by atoms with van der Waals surface area (Å²) < 4.78 is 50.8. The summed E-state index contributed by atoms with van der Waals surface area (Å²) in [7, 11) is -4.85. The smallest absolute Gasteiger partial charge is 0.321 e. The van der Waals surface area contributed by atoms with E-state index < -0.39 is 26.4 Å². The second-order valence-corrected chi connectivity index (χ2v) is 8.73. The molecule has 0 spiro atoms. The van der Waals surface area contributed by atoms with Gasteiger partial charge in [-0.1, -0.05) is 37.6 Å². The zero-order valence-electron chi connectivity index (χ0n) is 15.5. The van der Waals surface area contributed by atoms with Crippen LogP contribution < -0.4 is 5.32 Å². The van der Waals surface area contributed by atoms with Crippen molar-refractivity contribution in [2.75, 3.05) is 5.32 Å². The minimum absolute atomic E-state index is 0.226. The van der Waals surface area contributed by atoms with E-state index in [-0.39, 0.29) is 5.69 Å². The Labute approximate surface area is 167 Å². The fraction of sp³-hybridized carbons (Fsp3) is 0.333. The van der Waals surface area contributed by atoms with Crippen LogP contribution in [0.2, 0.25) is 5.15 Å². The molecule has 1 amide bonds. The number of para-hydroxylation sites is 1. The first kappa shape index (κ1) is 22.0. The number of rotatable bonds is 7. The fourth-order valence-electron chi connectivity index (χ4n) is 2.47. The number of aromatic nitrogens is 2. The normalized spacial score (nSPS) is 12.3. The van der Waals surface area contributed by atoms with Crippen molar-refractivity contribution in [3.8, 4) is 0 Å². The van der Waals surface area contributed by atoms with Crippen LogP contribution in [0, 0.1) is 12.8 Å². The largest absolute Gasteiger partial charge is 0.341 e. The van der Waals surface area contributed by atoms with Crippen LogP contribution in [0.4, 0.5) is 14.5 Å². The van der Waals surface area contributed by atoms with Gasteiger partial charge in [-0.3, -0.25) is 9.48 Å². The number of carbonyl (C=O) groups excluding carboxylic acids is 1. The standard InChI is InChI=1S/C18H20ClF2N3O3S/c1-11(2)10-24-17(19)13(12(3)23-24)8-9-16(25)22-14-6-4-5-7-15(14)28(26,27)18(20)21/h4-9,11,18H,10H2,1-3H3,(H,22,25). The van der Waals surface area contributed by atoms with Crippen molar-refractivity contribution in [3.05, 3.63) is 46.8 Å². The van der Waals surface area contributed by atoms with Crippen LogP contribution in [0.3, 0.4) is 0 Å². The second kappa shape index (κ2) is 8.83. The van der Waals surface area contributed by atoms with Crippen LogP contribution in [0.1, 0.15) is 25.1 Å². The summed E-state index contributed by atoms with van der Waals surface area (Å²) in [6, 6.07) is 4.98. The van der Waals surface area contributed by atoms with E-state index in [4.69, 9.17) is 11.6 Å². The fourth-order valence-corrected chi connectivity index (χ4v) is 3.66. The first-order chi connectivity index (χ1) is 13.0. The van der Waals surface area contributed by atoms with Crippen molar-refractivity contribution in [1.29, 1.82) is 0 Å². The van der Waals surface area contributed by atoms with Gasteiger partial charge in [0.1, 0.15) is 5.15 Å². The maximum atomic E-state index is 12.8. The number of halogens is 3. The van der Waals surface area contributed by atoms with E-state index in [1.54, 1.807) is 11.6 Å². The van der Waals surface area contributed by atoms with Crippen molar-refractivity contribution >= 4 is 39.1 Å². The maximum absolute atomic E-state index is 12.8. The van der Waals surface area contributed by atoms with Crippen LogP contribution in [0.25, 0.3) is 6.08 Å². The number of amides is 1. The number of hydrogen-bond acceptors (Lipinski definition) is 4. The minimum atomic E-state index is -4.85. The Morgan fingerprint density at radius 1 is 1.32 bits per heavy atom. The maximum Gasteiger partial charge on any atom is 0.341 e. The number of sulfone groups is 1. The molecule has 0 aliphatic carbocycles. The molecule has 1 heterocycles. The predicted octanol–water partition coefficient (Wildman–Crippen LogP) is 4.15. The van der Waals surface area contributed by atoms with Crippen molar-refractivity contribution in [1.82, 2.24) is 9.78 Å². The van der Waals surface area contributed by atoms with Gasteiger partial charge in [0, 0.05) is 18.2 Å². The molecule has 0 saturated carbocycles. The SMILES string of the molecule is Cc1nn(CC(C)C)c(Cl)c1C=CC(=O)Nc1ccccc1S(=O)(=O)C(F)F. The number of carbonyl (C=O) groups is 1. The number of alkyl halides is 2. The Hall–Kier alpha value is -2.26. The van der Waals surface area contributed by atoms with E-state index in [1.165, 1.54) is 24.3 Å². The van der Waals surface area contributed by atoms with Crippen molar-refractivity contribution < 1.29 is 22.0 Å². The lowest BCUT2D eigenvalue weighted by molar-refractivity contribution is -0.111. The summed E-state index contributed by atoms with van der Waals surface area (Å²) in [6.07, 6.45) is 2.59. The number of aryl methyl sites for hydroxylation is 1. The molecule has 1 aromatic heterocycles. The van der Waals surface area contributed by atoms with Gasteiger partial charge in [0.25, 0.3) is 0 Å². The van der Waals surface area contributed by atoms with Gasteiger partial charge in [-0.15, -0.1) is 0 Å². The number of hydrogen-bond donors (Lipinski definition) is 1. The lowest BCUT2D eigenvalue weighted by Gasteiger charge is -2.10. The highest BCUT2D eigenvalue weighted by Crippen LogP contribution is 2.26. The average molecular weight is 432 g/mol. The van der Waals surface area contributed by atoms with Crippen LogP contribution >= 0.6 is 11.6 Å². The molecule has 1 N–H and O–H groups in total. The highest BCUT2D eigenvalue weighted by Gasteiger charge is 2.29. The second-order valence-electron chi connectivity index (χ2n) is 6.49. The molecule has 6 nitrogen and oxygen atoms in total. The van der Waals surface area contributed by atoms with E-state index in [2.05, 4.69) is 10.4 Å². The molecule has 28 heavy (non-hydrogen) atoms. The Morgan fingerprint density at radius 2 is 1.96 bits per heavy atom. The molecular weight excluding hydrogens is 412 g/mol. The monoisotopic (exact) mass is 431 g/mol. The van der Waals surface area contributed by atoms with Crippen molar-refractivity contribution in [2.45, 2.75) is 38.0 Å². The van der Waals surface area contributed by atoms with Crippen LogP contribution in [-0.4, -0.2) is 29.9 Å². The molecule has 0 bridgehead atoms. The van der Waals surface area contributed by atoms with Gasteiger partial charge in [0.05, 0.1) is 16.3 Å². The number of nitrogens with zero attached hydrogens (tertiary/aromatic N) is 2. The highest BCUT2D eigenvalue weighted by atomic mass is 35.5. The van der Waals surface area contributed by atoms with Crippen LogP contribution in [-0.2, 0) is 21.2 Å². The van der Waals surface area contributed by atoms with Crippen molar-refractivity contribution in [3.63, 3.8) is 0 Å². The Kier molecular flexibility index (Phi) is 6.95. The topological polar surface area (TPSA) is 81.1 Å². The minimum Gasteiger partial charge on any atom is -0.321 e. The van der Waals surface area contributed by atoms with Crippen LogP contribution in [0.5, 0.6) is 0 Å². The molecule has 0 atom stereocenters. The predicted molar refractivity (Wildman–Crippen MR) is 104 cm³/mol. The zero-order chi connectivity index (χ0) is 21.1. The number of benzene rings is 1. The summed E-state index contributed by atoms with van der Waals surface area (Å²) in [5, 5.41) is 7.00. The molecule has 0 fully saturated rings. The van der Waals surface area contributed by atoms with Crippen molar-refractivity contribution in [2.24, 2.45) is 5.92 Å². The van der Waals surface area contributed by atoms with E-state index in [0.717, 1.165) is 12.1 Å². The Bertz CT molecular complexity index is 1000. The third-order valence-electron chi connectivity index (χ3n) is 3.73. The lowest BCUT2D eigenvalue weighted by atomic mass is 10.2. The van der Waals surface area contributed by atoms with Gasteiger partial charge >= 0.3 is 5.76 Å². The zero-order valence-corrected chi connectivity index (χ0v) is 17.1. The number of nitrogens with one attached hydrogen (secondary N) is 1. The molecule has 2 rings (SSSR count). The molecule has 1 aromatic carbocycles. The quantitative estimate of drug-likeness (QED) is 0.668. The number of anilines is 1. The van der Waals surface area contributed by atoms with Crippen LogP contribution in [0.15, 0.2) is 35.2 Å². The molecular formula is C18H20ClF2N3O3S. The summed E-state index contributed by atoms with van der Waals surface area (Å²) in [5.41, 5.74) is 0.942. The van der Waals surface area contributed by atoms with Gasteiger partial charge in [-0.25, -0.2) is 8.42 Å². The Balaban J connectivity index is 2.24. The first-order valence-corrected chi connectivity index (χ1v) is 10.3. The van der Waals surface area contributed by atoms with Gasteiger partial charge in [-0.05, 0) is 31.1 Å². The molecule has 2 aromatic rings. The molecule has 0 aliphatic heterocycles. The van der Waals surface area contributed by atoms with E-state index in [1.807, 2.05) is 13.8 Å². The van der Waals surface area contributed by atoms with E-state index in [9.17, 15) is 22.0 Å². The highest BCUT2D eigenvalue weighted by molar-refractivity contribution is 7.91. The molecule has 0 unspecified atom stereocenters. The third kappa shape index (κ3) is 4.96. The molecule has 0 saturated heterocycles. The van der Waals surface area contributed by atoms with E-state index >= 15 is 0 Å². The molecule has 10 heteroatoms. The first-order valence-electron chi connectivity index (χ1n) is 8.37. The summed E-state index contributed by atoms with van der Waals surface area (Å²) in [4.78, 5) is 11.5. The average Bonchev–Trinajstić information content (AvgIpc) is 2.86.